The lowest BCUT2D eigenvalue weighted by atomic mass is 10.1. The summed E-state index contributed by atoms with van der Waals surface area (Å²) in [5.74, 6) is 0.0596. The van der Waals surface area contributed by atoms with E-state index >= 15 is 0 Å². The summed E-state index contributed by atoms with van der Waals surface area (Å²) in [5, 5.41) is 2.79. The minimum Gasteiger partial charge on any atom is -0.382 e. The lowest BCUT2D eigenvalue weighted by Gasteiger charge is -2.02. The summed E-state index contributed by atoms with van der Waals surface area (Å²) in [5.41, 5.74) is 1.87. The predicted octanol–water partition coefficient (Wildman–Crippen LogP) is 2.11. The van der Waals surface area contributed by atoms with Crippen LogP contribution in [0.4, 0.5) is 0 Å². The van der Waals surface area contributed by atoms with Crippen LogP contribution in [0.25, 0.3) is 0 Å². The first-order valence-corrected chi connectivity index (χ1v) is 4.84. The number of thiocarbonyl (C=S) groups is 1. The van der Waals surface area contributed by atoms with Crippen molar-refractivity contribution < 1.29 is 4.79 Å². The second kappa shape index (κ2) is 4.86. The summed E-state index contributed by atoms with van der Waals surface area (Å²) in [6.07, 6.45) is 0.287. The number of hydrogen-bond acceptors (Lipinski definition) is 2. The van der Waals surface area contributed by atoms with E-state index in [2.05, 4.69) is 5.32 Å². The van der Waals surface area contributed by atoms with Gasteiger partial charge in [-0.15, -0.1) is 0 Å². The Labute approximate surface area is 89.3 Å². The van der Waals surface area contributed by atoms with Crippen molar-refractivity contribution in [3.8, 4) is 0 Å². The van der Waals surface area contributed by atoms with E-state index in [1.165, 1.54) is 0 Å². The van der Waals surface area contributed by atoms with Crippen LogP contribution in [0.1, 0.15) is 22.3 Å². The molecule has 0 unspecified atom stereocenters. The van der Waals surface area contributed by atoms with Crippen LogP contribution in [0.3, 0.4) is 0 Å². The highest BCUT2D eigenvalue weighted by molar-refractivity contribution is 7.80. The minimum atomic E-state index is 0.0596. The van der Waals surface area contributed by atoms with Gasteiger partial charge in [0, 0.05) is 12.6 Å². The summed E-state index contributed by atoms with van der Waals surface area (Å²) in [7, 11) is 1.73. The standard InChI is InChI=1S/C11H13NOS/c1-8-3-5-9(6-4-8)10(13)7-11(14)12-2/h3-6H,7H2,1-2H3,(H,12,14). The molecule has 3 heteroatoms. The van der Waals surface area contributed by atoms with Gasteiger partial charge in [-0.05, 0) is 6.92 Å². The van der Waals surface area contributed by atoms with Crippen molar-refractivity contribution in [3.63, 3.8) is 0 Å². The highest BCUT2D eigenvalue weighted by atomic mass is 32.1. The van der Waals surface area contributed by atoms with Crippen LogP contribution in [0, 0.1) is 6.92 Å². The van der Waals surface area contributed by atoms with Gasteiger partial charge in [0.05, 0.1) is 11.4 Å². The van der Waals surface area contributed by atoms with Crippen molar-refractivity contribution in [2.75, 3.05) is 7.05 Å². The fourth-order valence-corrected chi connectivity index (χ4v) is 1.21. The molecule has 14 heavy (non-hydrogen) atoms. The highest BCUT2D eigenvalue weighted by Crippen LogP contribution is 2.06. The van der Waals surface area contributed by atoms with E-state index in [0.29, 0.717) is 10.6 Å². The van der Waals surface area contributed by atoms with E-state index in [1.54, 1.807) is 7.05 Å². The van der Waals surface area contributed by atoms with Gasteiger partial charge in [0.2, 0.25) is 0 Å². The zero-order chi connectivity index (χ0) is 10.6. The monoisotopic (exact) mass is 207 g/mol. The molecule has 0 bridgehead atoms. The van der Waals surface area contributed by atoms with Crippen molar-refractivity contribution >= 4 is 23.0 Å². The Balaban J connectivity index is 2.70. The maximum atomic E-state index is 11.6. The molecule has 0 fully saturated rings. The number of nitrogens with one attached hydrogen (secondary N) is 1. The normalized spacial score (nSPS) is 9.57. The molecule has 0 saturated carbocycles. The van der Waals surface area contributed by atoms with Crippen LogP contribution in [-0.4, -0.2) is 17.8 Å². The van der Waals surface area contributed by atoms with Gasteiger partial charge in [-0.25, -0.2) is 0 Å². The molecule has 0 aliphatic rings. The number of aryl methyl sites for hydroxylation is 1. The molecule has 0 atom stereocenters. The molecule has 0 aliphatic carbocycles. The second-order valence-corrected chi connectivity index (χ2v) is 3.63. The van der Waals surface area contributed by atoms with Gasteiger partial charge >= 0.3 is 0 Å². The molecular formula is C11H13NOS. The zero-order valence-electron chi connectivity index (χ0n) is 8.33. The van der Waals surface area contributed by atoms with Crippen LogP contribution < -0.4 is 5.32 Å². The van der Waals surface area contributed by atoms with Gasteiger partial charge in [-0.3, -0.25) is 4.79 Å². The number of hydrogen-bond donors (Lipinski definition) is 1. The molecule has 74 valence electrons. The number of ketones is 1. The fraction of sp³-hybridized carbons (Fsp3) is 0.273. The summed E-state index contributed by atoms with van der Waals surface area (Å²) in [4.78, 5) is 12.2. The summed E-state index contributed by atoms with van der Waals surface area (Å²) < 4.78 is 0. The first-order valence-electron chi connectivity index (χ1n) is 4.44. The molecule has 0 aromatic heterocycles. The van der Waals surface area contributed by atoms with Crippen LogP contribution in [0.2, 0.25) is 0 Å². The Kier molecular flexibility index (Phi) is 3.77. The summed E-state index contributed by atoms with van der Waals surface area (Å²) >= 11 is 4.93. The third-order valence-corrected chi connectivity index (χ3v) is 2.32. The average Bonchev–Trinajstić information content (AvgIpc) is 2.18. The third-order valence-electron chi connectivity index (χ3n) is 1.97. The summed E-state index contributed by atoms with van der Waals surface area (Å²) in [6.45, 7) is 1.99. The molecule has 0 aliphatic heterocycles. The SMILES string of the molecule is CNC(=S)CC(=O)c1ccc(C)cc1. The molecule has 0 saturated heterocycles. The Morgan fingerprint density at radius 2 is 1.93 bits per heavy atom. The van der Waals surface area contributed by atoms with Crippen molar-refractivity contribution in [1.82, 2.24) is 5.32 Å². The van der Waals surface area contributed by atoms with E-state index in [9.17, 15) is 4.79 Å². The van der Waals surface area contributed by atoms with E-state index < -0.39 is 0 Å². The number of carbonyl (C=O) groups is 1. The first kappa shape index (κ1) is 10.9. The quantitative estimate of drug-likeness (QED) is 0.608. The van der Waals surface area contributed by atoms with Crippen LogP contribution in [-0.2, 0) is 0 Å². The minimum absolute atomic E-state index is 0.0596. The Morgan fingerprint density at radius 3 is 2.43 bits per heavy atom. The summed E-state index contributed by atoms with van der Waals surface area (Å²) in [6, 6.07) is 7.51. The van der Waals surface area contributed by atoms with E-state index in [1.807, 2.05) is 31.2 Å². The predicted molar refractivity (Wildman–Crippen MR) is 61.8 cm³/mol. The molecular weight excluding hydrogens is 194 g/mol. The zero-order valence-corrected chi connectivity index (χ0v) is 9.15. The maximum Gasteiger partial charge on any atom is 0.169 e. The molecule has 1 aromatic rings. The van der Waals surface area contributed by atoms with Gasteiger partial charge in [0.25, 0.3) is 0 Å². The number of carbonyl (C=O) groups excluding carboxylic acids is 1. The third kappa shape index (κ3) is 2.92. The highest BCUT2D eigenvalue weighted by Gasteiger charge is 2.06. The van der Waals surface area contributed by atoms with Crippen LogP contribution in [0.5, 0.6) is 0 Å². The van der Waals surface area contributed by atoms with E-state index in [4.69, 9.17) is 12.2 Å². The smallest absolute Gasteiger partial charge is 0.169 e. The average molecular weight is 207 g/mol. The van der Waals surface area contributed by atoms with Crippen molar-refractivity contribution in [1.29, 1.82) is 0 Å². The van der Waals surface area contributed by atoms with Crippen molar-refractivity contribution in [2.24, 2.45) is 0 Å². The maximum absolute atomic E-state index is 11.6. The molecule has 1 N–H and O–H groups in total. The van der Waals surface area contributed by atoms with Gasteiger partial charge < -0.3 is 5.32 Å². The van der Waals surface area contributed by atoms with Gasteiger partial charge in [0.1, 0.15) is 0 Å². The van der Waals surface area contributed by atoms with Gasteiger partial charge in [-0.1, -0.05) is 42.0 Å². The fourth-order valence-electron chi connectivity index (χ4n) is 1.08. The Hall–Kier alpha value is -1.22. The van der Waals surface area contributed by atoms with Gasteiger partial charge in [0.15, 0.2) is 5.78 Å². The van der Waals surface area contributed by atoms with Crippen LogP contribution in [0.15, 0.2) is 24.3 Å². The van der Waals surface area contributed by atoms with E-state index in [0.717, 1.165) is 5.56 Å². The van der Waals surface area contributed by atoms with Gasteiger partial charge in [-0.2, -0.15) is 0 Å². The van der Waals surface area contributed by atoms with Crippen LogP contribution >= 0.6 is 12.2 Å². The van der Waals surface area contributed by atoms with Crippen molar-refractivity contribution in [2.45, 2.75) is 13.3 Å². The van der Waals surface area contributed by atoms with Crippen molar-refractivity contribution in [3.05, 3.63) is 35.4 Å². The molecule has 0 heterocycles. The first-order chi connectivity index (χ1) is 6.63. The largest absolute Gasteiger partial charge is 0.382 e. The molecule has 1 aromatic carbocycles. The Morgan fingerprint density at radius 1 is 1.36 bits per heavy atom. The molecule has 0 spiro atoms. The Bertz CT molecular complexity index is 343. The molecule has 0 amide bonds. The topological polar surface area (TPSA) is 29.1 Å². The lowest BCUT2D eigenvalue weighted by molar-refractivity contribution is 0.100. The molecule has 2 nitrogen and oxygen atoms in total. The number of rotatable bonds is 3. The number of benzene rings is 1. The lowest BCUT2D eigenvalue weighted by Crippen LogP contribution is -2.19. The number of Topliss-reactive ketones (excluding diaryl/α,β-unsaturated/α-hetero) is 1. The van der Waals surface area contributed by atoms with E-state index in [-0.39, 0.29) is 12.2 Å². The molecule has 1 rings (SSSR count). The second-order valence-electron chi connectivity index (χ2n) is 3.14. The molecule has 0 radical (unpaired) electrons.